The Morgan fingerprint density at radius 3 is 2.78 bits per heavy atom. The molecular formula is C20H30ClN3O3. The third-order valence-electron chi connectivity index (χ3n) is 4.55. The van der Waals surface area contributed by atoms with Crippen molar-refractivity contribution in [3.05, 3.63) is 34.9 Å². The summed E-state index contributed by atoms with van der Waals surface area (Å²) in [5.41, 5.74) is 0.864. The van der Waals surface area contributed by atoms with Crippen LogP contribution < -0.4 is 10.6 Å². The maximum absolute atomic E-state index is 12.3. The number of hydrogen-bond acceptors (Lipinski definition) is 4. The average Bonchev–Trinajstić information content (AvgIpc) is 2.82. The van der Waals surface area contributed by atoms with Gasteiger partial charge in [-0.15, -0.1) is 0 Å². The smallest absolute Gasteiger partial charge is 0.222 e. The standard InChI is InChI=1S/C20H30ClN3O3/c1-15-14-24(11-4-12-27-15)10-3-9-22-20(26)13-19(23-16(2)25)17-5-7-18(21)8-6-17/h5-8,15,19H,3-4,9-14H2,1-2H3,(H,22,26)(H,23,25)/t15-,19+/m0/s1. The van der Waals surface area contributed by atoms with Crippen LogP contribution in [0, 0.1) is 0 Å². The molecule has 1 aliphatic heterocycles. The van der Waals surface area contributed by atoms with E-state index in [2.05, 4.69) is 22.5 Å². The number of carbonyl (C=O) groups is 2. The van der Waals surface area contributed by atoms with E-state index in [1.54, 1.807) is 12.1 Å². The lowest BCUT2D eigenvalue weighted by molar-refractivity contribution is -0.122. The minimum atomic E-state index is -0.358. The van der Waals surface area contributed by atoms with Crippen LogP contribution in [0.25, 0.3) is 0 Å². The minimum absolute atomic E-state index is 0.0729. The van der Waals surface area contributed by atoms with Crippen molar-refractivity contribution in [2.24, 2.45) is 0 Å². The second-order valence-corrected chi connectivity index (χ2v) is 7.48. The monoisotopic (exact) mass is 395 g/mol. The van der Waals surface area contributed by atoms with Gasteiger partial charge in [0.15, 0.2) is 0 Å². The number of carbonyl (C=O) groups excluding carboxylic acids is 2. The number of amides is 2. The zero-order chi connectivity index (χ0) is 19.6. The van der Waals surface area contributed by atoms with Crippen molar-refractivity contribution in [2.75, 3.05) is 32.8 Å². The second kappa shape index (κ2) is 11.3. The first kappa shape index (κ1) is 21.7. The van der Waals surface area contributed by atoms with Crippen LogP contribution in [0.1, 0.15) is 44.7 Å². The highest BCUT2D eigenvalue weighted by Crippen LogP contribution is 2.19. The molecule has 6 nitrogen and oxygen atoms in total. The third kappa shape index (κ3) is 8.28. The lowest BCUT2D eigenvalue weighted by atomic mass is 10.0. The Hall–Kier alpha value is -1.63. The predicted molar refractivity (Wildman–Crippen MR) is 107 cm³/mol. The van der Waals surface area contributed by atoms with Gasteiger partial charge < -0.3 is 20.3 Å². The summed E-state index contributed by atoms with van der Waals surface area (Å²) in [6.45, 7) is 7.92. The van der Waals surface area contributed by atoms with E-state index in [0.717, 1.165) is 44.6 Å². The van der Waals surface area contributed by atoms with Gasteiger partial charge in [0.1, 0.15) is 0 Å². The number of nitrogens with zero attached hydrogens (tertiary/aromatic N) is 1. The molecule has 0 bridgehead atoms. The molecule has 0 spiro atoms. The second-order valence-electron chi connectivity index (χ2n) is 7.05. The zero-order valence-corrected chi connectivity index (χ0v) is 16.9. The molecule has 2 amide bonds. The molecule has 2 rings (SSSR count). The van der Waals surface area contributed by atoms with Crippen LogP contribution >= 0.6 is 11.6 Å². The summed E-state index contributed by atoms with van der Waals surface area (Å²) in [6, 6.07) is 6.83. The fraction of sp³-hybridized carbons (Fsp3) is 0.600. The lowest BCUT2D eigenvalue weighted by Gasteiger charge is -2.22. The number of hydrogen-bond donors (Lipinski definition) is 2. The molecule has 27 heavy (non-hydrogen) atoms. The molecule has 1 aromatic rings. The molecule has 1 aromatic carbocycles. The summed E-state index contributed by atoms with van der Waals surface area (Å²) in [5, 5.41) is 6.42. The van der Waals surface area contributed by atoms with Gasteiger partial charge in [-0.1, -0.05) is 23.7 Å². The van der Waals surface area contributed by atoms with Gasteiger partial charge in [0, 0.05) is 38.2 Å². The molecule has 0 aliphatic carbocycles. The van der Waals surface area contributed by atoms with E-state index >= 15 is 0 Å². The molecule has 2 atom stereocenters. The molecule has 1 fully saturated rings. The topological polar surface area (TPSA) is 70.7 Å². The quantitative estimate of drug-likeness (QED) is 0.663. The van der Waals surface area contributed by atoms with Gasteiger partial charge in [-0.3, -0.25) is 9.59 Å². The van der Waals surface area contributed by atoms with Gasteiger partial charge >= 0.3 is 0 Å². The van der Waals surface area contributed by atoms with Gasteiger partial charge in [-0.2, -0.15) is 0 Å². The van der Waals surface area contributed by atoms with Crippen LogP contribution in [-0.2, 0) is 14.3 Å². The van der Waals surface area contributed by atoms with Crippen LogP contribution in [0.3, 0.4) is 0 Å². The number of halogens is 1. The van der Waals surface area contributed by atoms with Gasteiger partial charge in [-0.25, -0.2) is 0 Å². The molecule has 0 aromatic heterocycles. The minimum Gasteiger partial charge on any atom is -0.377 e. The Morgan fingerprint density at radius 1 is 1.33 bits per heavy atom. The van der Waals surface area contributed by atoms with Crippen LogP contribution in [0.4, 0.5) is 0 Å². The highest BCUT2D eigenvalue weighted by atomic mass is 35.5. The molecule has 1 heterocycles. The number of nitrogens with one attached hydrogen (secondary N) is 2. The van der Waals surface area contributed by atoms with Crippen molar-refractivity contribution < 1.29 is 14.3 Å². The van der Waals surface area contributed by atoms with E-state index in [0.29, 0.717) is 11.6 Å². The Labute approximate surface area is 166 Å². The molecule has 7 heteroatoms. The van der Waals surface area contributed by atoms with Gasteiger partial charge in [-0.05, 0) is 44.0 Å². The molecule has 0 unspecified atom stereocenters. The summed E-state index contributed by atoms with van der Waals surface area (Å²) < 4.78 is 5.65. The lowest BCUT2D eigenvalue weighted by Crippen LogP contribution is -2.35. The van der Waals surface area contributed by atoms with Crippen molar-refractivity contribution in [3.8, 4) is 0 Å². The number of rotatable bonds is 8. The van der Waals surface area contributed by atoms with Gasteiger partial charge in [0.2, 0.25) is 11.8 Å². The molecule has 0 radical (unpaired) electrons. The van der Waals surface area contributed by atoms with E-state index in [1.807, 2.05) is 12.1 Å². The first-order valence-corrected chi connectivity index (χ1v) is 9.95. The van der Waals surface area contributed by atoms with Crippen LogP contribution in [0.2, 0.25) is 5.02 Å². The van der Waals surface area contributed by atoms with E-state index in [1.165, 1.54) is 6.92 Å². The summed E-state index contributed by atoms with van der Waals surface area (Å²) in [6.07, 6.45) is 2.41. The predicted octanol–water partition coefficient (Wildman–Crippen LogP) is 2.52. The molecule has 2 N–H and O–H groups in total. The Morgan fingerprint density at radius 2 is 2.07 bits per heavy atom. The summed E-state index contributed by atoms with van der Waals surface area (Å²) in [4.78, 5) is 26.2. The van der Waals surface area contributed by atoms with Crippen molar-refractivity contribution in [2.45, 2.75) is 45.3 Å². The maximum atomic E-state index is 12.3. The zero-order valence-electron chi connectivity index (χ0n) is 16.2. The number of ether oxygens (including phenoxy) is 1. The maximum Gasteiger partial charge on any atom is 0.222 e. The van der Waals surface area contributed by atoms with E-state index < -0.39 is 0 Å². The Bertz CT molecular complexity index is 609. The Balaban J connectivity index is 1.76. The summed E-state index contributed by atoms with van der Waals surface area (Å²) in [7, 11) is 0. The van der Waals surface area contributed by atoms with E-state index in [-0.39, 0.29) is 30.4 Å². The highest BCUT2D eigenvalue weighted by molar-refractivity contribution is 6.30. The van der Waals surface area contributed by atoms with Gasteiger partial charge in [0.05, 0.1) is 18.6 Å². The van der Waals surface area contributed by atoms with Crippen molar-refractivity contribution >= 4 is 23.4 Å². The van der Waals surface area contributed by atoms with Crippen LogP contribution in [0.15, 0.2) is 24.3 Å². The fourth-order valence-corrected chi connectivity index (χ4v) is 3.39. The molecule has 0 saturated carbocycles. The van der Waals surface area contributed by atoms with Crippen LogP contribution in [-0.4, -0.2) is 55.6 Å². The van der Waals surface area contributed by atoms with Crippen LogP contribution in [0.5, 0.6) is 0 Å². The number of benzene rings is 1. The van der Waals surface area contributed by atoms with Crippen molar-refractivity contribution in [1.29, 1.82) is 0 Å². The van der Waals surface area contributed by atoms with Gasteiger partial charge in [0.25, 0.3) is 0 Å². The molecular weight excluding hydrogens is 366 g/mol. The summed E-state index contributed by atoms with van der Waals surface area (Å²) >= 11 is 5.92. The molecule has 1 aliphatic rings. The Kier molecular flexibility index (Phi) is 9.04. The highest BCUT2D eigenvalue weighted by Gasteiger charge is 2.18. The van der Waals surface area contributed by atoms with Crippen molar-refractivity contribution in [3.63, 3.8) is 0 Å². The van der Waals surface area contributed by atoms with Crippen molar-refractivity contribution in [1.82, 2.24) is 15.5 Å². The SMILES string of the molecule is CC(=O)N[C@H](CC(=O)NCCCN1CCCO[C@@H](C)C1)c1ccc(Cl)cc1. The van der Waals surface area contributed by atoms with E-state index in [9.17, 15) is 9.59 Å². The summed E-state index contributed by atoms with van der Waals surface area (Å²) in [5.74, 6) is -0.239. The largest absolute Gasteiger partial charge is 0.377 e. The third-order valence-corrected chi connectivity index (χ3v) is 4.80. The molecule has 1 saturated heterocycles. The first-order chi connectivity index (χ1) is 12.9. The fourth-order valence-electron chi connectivity index (χ4n) is 3.26. The first-order valence-electron chi connectivity index (χ1n) is 9.57. The van der Waals surface area contributed by atoms with E-state index in [4.69, 9.17) is 16.3 Å². The average molecular weight is 396 g/mol. The normalized spacial score (nSPS) is 19.1. The molecule has 150 valence electrons.